The van der Waals surface area contributed by atoms with Crippen LogP contribution < -0.4 is 34.0 Å². The molecule has 2 nitrogen and oxygen atoms in total. The van der Waals surface area contributed by atoms with Crippen LogP contribution in [0.25, 0.3) is 0 Å². The van der Waals surface area contributed by atoms with Crippen LogP contribution in [0.2, 0.25) is 0 Å². The van der Waals surface area contributed by atoms with Crippen molar-refractivity contribution in [3.05, 3.63) is 29.8 Å². The van der Waals surface area contributed by atoms with Gasteiger partial charge in [0.1, 0.15) is 0 Å². The van der Waals surface area contributed by atoms with Crippen molar-refractivity contribution < 1.29 is 43.0 Å². The molecule has 0 saturated heterocycles. The molecule has 1 heterocycles. The molecule has 0 amide bonds. The molecule has 0 radical (unpaired) electrons. The van der Waals surface area contributed by atoms with Gasteiger partial charge in [-0.15, -0.1) is 0 Å². The fourth-order valence-electron chi connectivity index (χ4n) is 2.94. The topological polar surface area (TPSA) is 3.01 Å². The van der Waals surface area contributed by atoms with Crippen LogP contribution >= 0.6 is 0 Å². The first-order chi connectivity index (χ1) is 8.73. The number of fused-ring (bicyclic) bond motifs is 1. The predicted octanol–water partition coefficient (Wildman–Crippen LogP) is -2.81. The van der Waals surface area contributed by atoms with Gasteiger partial charge in [-0.2, -0.15) is 4.58 Å². The molecule has 1 aromatic carbocycles. The van der Waals surface area contributed by atoms with Gasteiger partial charge in [-0.3, -0.25) is 0 Å². The summed E-state index contributed by atoms with van der Waals surface area (Å²) >= 11 is 0. The molecule has 120 valence electrons. The summed E-state index contributed by atoms with van der Waals surface area (Å²) in [6, 6.07) is 8.85. The lowest BCUT2D eigenvalue weighted by atomic mass is 9.82. The number of nitrogens with zero attached hydrogens (tertiary/aromatic N) is 2. The first-order valence-electron chi connectivity index (χ1n) is 7.25. The van der Waals surface area contributed by atoms with Crippen molar-refractivity contribution in [3.63, 3.8) is 0 Å². The average Bonchev–Trinajstić information content (AvgIpc) is 2.50. The van der Waals surface area contributed by atoms with Crippen molar-refractivity contribution >= 4 is 11.4 Å². The number of halogens is 2. The summed E-state index contributed by atoms with van der Waals surface area (Å²) in [5.74, 6) is 0. The molecule has 1 aliphatic rings. The maximum Gasteiger partial charge on any atom is 0.209 e. The highest BCUT2D eigenvalue weighted by atomic mass is 79.9. The summed E-state index contributed by atoms with van der Waals surface area (Å²) in [5, 5.41) is 0. The molecule has 0 aliphatic carbocycles. The van der Waals surface area contributed by atoms with Crippen LogP contribution in [-0.2, 0) is 5.41 Å². The Morgan fingerprint density at radius 2 is 1.62 bits per heavy atom. The summed E-state index contributed by atoms with van der Waals surface area (Å²) in [5.41, 5.74) is 4.53. The summed E-state index contributed by atoms with van der Waals surface area (Å²) in [6.45, 7) is 9.29. The van der Waals surface area contributed by atoms with Crippen molar-refractivity contribution in [2.75, 3.05) is 34.2 Å². The number of quaternary nitrogens is 1. The highest BCUT2D eigenvalue weighted by Gasteiger charge is 2.42. The van der Waals surface area contributed by atoms with Crippen molar-refractivity contribution in [2.45, 2.75) is 32.6 Å². The molecule has 21 heavy (non-hydrogen) atoms. The Morgan fingerprint density at radius 1 is 1.05 bits per heavy atom. The van der Waals surface area contributed by atoms with E-state index in [2.05, 4.69) is 70.8 Å². The Morgan fingerprint density at radius 3 is 2.19 bits per heavy atom. The number of hydrogen-bond donors (Lipinski definition) is 0. The van der Waals surface area contributed by atoms with Crippen LogP contribution in [0, 0.1) is 0 Å². The zero-order valence-electron chi connectivity index (χ0n) is 14.1. The number of rotatable bonds is 4. The first kappa shape index (κ1) is 20.8. The van der Waals surface area contributed by atoms with E-state index in [-0.39, 0.29) is 39.4 Å². The van der Waals surface area contributed by atoms with Crippen LogP contribution in [0.3, 0.4) is 0 Å². The largest absolute Gasteiger partial charge is 1.00 e. The van der Waals surface area contributed by atoms with Gasteiger partial charge in [-0.05, 0) is 13.8 Å². The minimum atomic E-state index is 0. The number of benzene rings is 1. The average molecular weight is 420 g/mol. The standard InChI is InChI=1S/C17H28N2.2BrH/c1-14-17(2,3)15-10-7-8-11-16(15)18(14)12-9-13-19(4,5)6;;/h7-8,10-11H,9,12-13H2,1-6H3;2*1H/q+2;;/p-2. The van der Waals surface area contributed by atoms with Crippen LogP contribution in [-0.4, -0.2) is 49.0 Å². The quantitative estimate of drug-likeness (QED) is 0.366. The van der Waals surface area contributed by atoms with Crippen molar-refractivity contribution in [1.82, 2.24) is 0 Å². The van der Waals surface area contributed by atoms with Gasteiger partial charge in [-0.25, -0.2) is 0 Å². The third kappa shape index (κ3) is 4.40. The van der Waals surface area contributed by atoms with E-state index in [0.29, 0.717) is 0 Å². The second-order valence-corrected chi connectivity index (χ2v) is 7.25. The zero-order chi connectivity index (χ0) is 14.3. The van der Waals surface area contributed by atoms with Crippen LogP contribution in [0.5, 0.6) is 0 Å². The Labute approximate surface area is 151 Å². The summed E-state index contributed by atoms with van der Waals surface area (Å²) < 4.78 is 3.56. The van der Waals surface area contributed by atoms with E-state index in [0.717, 1.165) is 11.0 Å². The van der Waals surface area contributed by atoms with Crippen LogP contribution in [0.1, 0.15) is 32.8 Å². The fourth-order valence-corrected chi connectivity index (χ4v) is 2.94. The number of hydrogen-bond acceptors (Lipinski definition) is 0. The molecule has 0 unspecified atom stereocenters. The molecule has 0 spiro atoms. The first-order valence-corrected chi connectivity index (χ1v) is 7.25. The van der Waals surface area contributed by atoms with E-state index >= 15 is 0 Å². The minimum Gasteiger partial charge on any atom is -1.00 e. The van der Waals surface area contributed by atoms with Crippen LogP contribution in [0.4, 0.5) is 5.69 Å². The van der Waals surface area contributed by atoms with Crippen molar-refractivity contribution in [3.8, 4) is 0 Å². The monoisotopic (exact) mass is 418 g/mol. The summed E-state index contributed by atoms with van der Waals surface area (Å²) in [4.78, 5) is 0. The third-order valence-electron chi connectivity index (χ3n) is 4.39. The van der Waals surface area contributed by atoms with E-state index in [9.17, 15) is 0 Å². The number of para-hydroxylation sites is 1. The van der Waals surface area contributed by atoms with Gasteiger partial charge >= 0.3 is 0 Å². The molecule has 0 bridgehead atoms. The van der Waals surface area contributed by atoms with Crippen molar-refractivity contribution in [1.29, 1.82) is 0 Å². The predicted molar refractivity (Wildman–Crippen MR) is 82.5 cm³/mol. The van der Waals surface area contributed by atoms with E-state index in [1.807, 2.05) is 0 Å². The van der Waals surface area contributed by atoms with Crippen LogP contribution in [0.15, 0.2) is 24.3 Å². The van der Waals surface area contributed by atoms with E-state index in [1.54, 1.807) is 0 Å². The fraction of sp³-hybridized carbons (Fsp3) is 0.588. The Balaban J connectivity index is 0.00000200. The van der Waals surface area contributed by atoms with E-state index < -0.39 is 0 Å². The SMILES string of the molecule is CC1=[N+](CCC[N+](C)(C)C)c2ccccc2C1(C)C.[Br-].[Br-]. The second kappa shape index (κ2) is 7.38. The van der Waals surface area contributed by atoms with Gasteiger partial charge in [0.25, 0.3) is 0 Å². The second-order valence-electron chi connectivity index (χ2n) is 7.25. The van der Waals surface area contributed by atoms with E-state index in [4.69, 9.17) is 0 Å². The highest BCUT2D eigenvalue weighted by molar-refractivity contribution is 5.93. The smallest absolute Gasteiger partial charge is 0.209 e. The highest BCUT2D eigenvalue weighted by Crippen LogP contribution is 2.39. The lowest BCUT2D eigenvalue weighted by Crippen LogP contribution is -3.00. The van der Waals surface area contributed by atoms with Gasteiger partial charge in [0, 0.05) is 18.6 Å². The lowest BCUT2D eigenvalue weighted by molar-refractivity contribution is -0.871. The summed E-state index contributed by atoms with van der Waals surface area (Å²) in [7, 11) is 6.79. The van der Waals surface area contributed by atoms with Gasteiger partial charge in [0.15, 0.2) is 12.3 Å². The van der Waals surface area contributed by atoms with Gasteiger partial charge < -0.3 is 38.4 Å². The normalized spacial score (nSPS) is 16.1. The third-order valence-corrected chi connectivity index (χ3v) is 4.39. The molecule has 0 saturated carbocycles. The Bertz CT molecular complexity index is 514. The molecule has 0 aromatic heterocycles. The molecular formula is C17H28Br2N2. The molecule has 0 N–H and O–H groups in total. The molecular weight excluding hydrogens is 392 g/mol. The Kier molecular flexibility index (Phi) is 7.32. The minimum absolute atomic E-state index is 0. The lowest BCUT2D eigenvalue weighted by Gasteiger charge is -2.23. The van der Waals surface area contributed by atoms with Gasteiger partial charge in [0.05, 0.1) is 39.5 Å². The van der Waals surface area contributed by atoms with Gasteiger partial charge in [0.2, 0.25) is 5.69 Å². The molecule has 0 fully saturated rings. The molecule has 4 heteroatoms. The van der Waals surface area contributed by atoms with E-state index in [1.165, 1.54) is 29.9 Å². The maximum atomic E-state index is 2.52. The zero-order valence-corrected chi connectivity index (χ0v) is 17.3. The molecule has 2 rings (SSSR count). The maximum absolute atomic E-state index is 2.52. The molecule has 1 aromatic rings. The summed E-state index contributed by atoms with van der Waals surface area (Å²) in [6.07, 6.45) is 1.23. The molecule has 0 atom stereocenters. The molecule has 1 aliphatic heterocycles. The Hall–Kier alpha value is -0.190. The van der Waals surface area contributed by atoms with Gasteiger partial charge in [-0.1, -0.05) is 18.2 Å². The van der Waals surface area contributed by atoms with Crippen molar-refractivity contribution in [2.24, 2.45) is 0 Å².